The summed E-state index contributed by atoms with van der Waals surface area (Å²) in [6, 6.07) is 3.23. The molecule has 3 N–H and O–H groups in total. The minimum atomic E-state index is -0.229. The van der Waals surface area contributed by atoms with Crippen molar-refractivity contribution in [2.45, 2.75) is 13.8 Å². The summed E-state index contributed by atoms with van der Waals surface area (Å²) < 4.78 is 0. The van der Waals surface area contributed by atoms with Crippen molar-refractivity contribution in [1.29, 1.82) is 0 Å². The molecule has 1 heterocycles. The molecule has 0 saturated heterocycles. The summed E-state index contributed by atoms with van der Waals surface area (Å²) in [6.07, 6.45) is 1.54. The summed E-state index contributed by atoms with van der Waals surface area (Å²) >= 11 is 0. The van der Waals surface area contributed by atoms with Crippen molar-refractivity contribution in [2.24, 2.45) is 0 Å². The van der Waals surface area contributed by atoms with Gasteiger partial charge in [0.2, 0.25) is 0 Å². The Bertz CT molecular complexity index is 229. The minimum Gasteiger partial charge on any atom is -0.394 e. The van der Waals surface area contributed by atoms with Crippen molar-refractivity contribution < 1.29 is 0 Å². The van der Waals surface area contributed by atoms with Crippen molar-refractivity contribution in [3.05, 3.63) is 28.7 Å². The van der Waals surface area contributed by atoms with Gasteiger partial charge in [0.25, 0.3) is 5.56 Å². The summed E-state index contributed by atoms with van der Waals surface area (Å²) in [5, 5.41) is 0. The fraction of sp³-hybridized carbons (Fsp3) is 0.286. The molecule has 1 rings (SSSR count). The van der Waals surface area contributed by atoms with Gasteiger partial charge in [-0.25, -0.2) is 0 Å². The average Bonchev–Trinajstić information content (AvgIpc) is 2.00. The van der Waals surface area contributed by atoms with E-state index in [1.54, 1.807) is 18.3 Å². The van der Waals surface area contributed by atoms with Crippen molar-refractivity contribution in [3.8, 4) is 0 Å². The molecule has 10 heavy (non-hydrogen) atoms. The minimum absolute atomic E-state index is 0.229. The van der Waals surface area contributed by atoms with E-state index in [1.165, 1.54) is 0 Å². The van der Waals surface area contributed by atoms with Crippen LogP contribution in [0.2, 0.25) is 0 Å². The molecule has 1 aromatic heterocycles. The number of aromatic nitrogens is 1. The van der Waals surface area contributed by atoms with Gasteiger partial charge >= 0.3 is 0 Å². The number of H-pyrrole nitrogens is 1. The number of hydrogen-bond acceptors (Lipinski definition) is 2. The standard InChI is InChI=1S/C5H6N2O.C2H6/c6-4-2-1-3-7-5(4)8;1-2/h1-3H,6H2,(H,7,8);1-2H3. The van der Waals surface area contributed by atoms with Crippen LogP contribution < -0.4 is 11.3 Å². The molecule has 0 atom stereocenters. The third kappa shape index (κ3) is 2.35. The first kappa shape index (κ1) is 8.75. The van der Waals surface area contributed by atoms with Crippen LogP contribution in [0.1, 0.15) is 13.8 Å². The highest BCUT2D eigenvalue weighted by Gasteiger charge is 1.84. The quantitative estimate of drug-likeness (QED) is 0.564. The fourth-order valence-corrected chi connectivity index (χ4v) is 0.435. The molecule has 0 spiro atoms. The Hall–Kier alpha value is -1.25. The van der Waals surface area contributed by atoms with E-state index in [4.69, 9.17) is 5.73 Å². The molecule has 0 radical (unpaired) electrons. The lowest BCUT2D eigenvalue weighted by Gasteiger charge is -1.84. The van der Waals surface area contributed by atoms with Crippen LogP contribution in [0.5, 0.6) is 0 Å². The summed E-state index contributed by atoms with van der Waals surface area (Å²) in [7, 11) is 0. The van der Waals surface area contributed by atoms with Crippen LogP contribution in [0.15, 0.2) is 23.1 Å². The molecule has 0 unspecified atom stereocenters. The number of hydrogen-bond donors (Lipinski definition) is 2. The van der Waals surface area contributed by atoms with E-state index >= 15 is 0 Å². The summed E-state index contributed by atoms with van der Waals surface area (Å²) in [5.41, 5.74) is 5.20. The van der Waals surface area contributed by atoms with Gasteiger partial charge in [0.05, 0.1) is 5.69 Å². The Morgan fingerprint density at radius 2 is 2.10 bits per heavy atom. The van der Waals surface area contributed by atoms with Gasteiger partial charge in [0.15, 0.2) is 0 Å². The van der Waals surface area contributed by atoms with Gasteiger partial charge < -0.3 is 10.7 Å². The molecule has 3 heteroatoms. The van der Waals surface area contributed by atoms with Crippen LogP contribution in [0.25, 0.3) is 0 Å². The Kier molecular flexibility index (Phi) is 4.04. The van der Waals surface area contributed by atoms with E-state index in [0.29, 0.717) is 0 Å². The topological polar surface area (TPSA) is 58.9 Å². The van der Waals surface area contributed by atoms with Gasteiger partial charge in [0.1, 0.15) is 0 Å². The number of anilines is 1. The van der Waals surface area contributed by atoms with E-state index < -0.39 is 0 Å². The zero-order chi connectivity index (χ0) is 7.98. The van der Waals surface area contributed by atoms with Gasteiger partial charge in [-0.3, -0.25) is 4.79 Å². The summed E-state index contributed by atoms with van der Waals surface area (Å²) in [6.45, 7) is 4.00. The number of rotatable bonds is 0. The second kappa shape index (κ2) is 4.61. The highest BCUT2D eigenvalue weighted by atomic mass is 16.1. The first-order chi connectivity index (χ1) is 4.80. The van der Waals surface area contributed by atoms with Crippen LogP contribution in [-0.4, -0.2) is 4.98 Å². The second-order valence-corrected chi connectivity index (χ2v) is 1.45. The van der Waals surface area contributed by atoms with E-state index in [2.05, 4.69) is 4.98 Å². The van der Waals surface area contributed by atoms with Crippen molar-refractivity contribution >= 4 is 5.69 Å². The van der Waals surface area contributed by atoms with E-state index in [0.717, 1.165) is 0 Å². The van der Waals surface area contributed by atoms with Crippen molar-refractivity contribution in [2.75, 3.05) is 5.73 Å². The number of nitrogens with two attached hydrogens (primary N) is 1. The molecule has 0 saturated carbocycles. The Labute approximate surface area is 59.9 Å². The molecule has 0 aliphatic rings. The maximum atomic E-state index is 10.4. The molecule has 0 aromatic carbocycles. The Morgan fingerprint density at radius 3 is 2.40 bits per heavy atom. The van der Waals surface area contributed by atoms with Crippen LogP contribution in [0, 0.1) is 0 Å². The highest BCUT2D eigenvalue weighted by Crippen LogP contribution is 1.84. The monoisotopic (exact) mass is 140 g/mol. The van der Waals surface area contributed by atoms with Gasteiger partial charge in [-0.1, -0.05) is 13.8 Å². The van der Waals surface area contributed by atoms with Gasteiger partial charge in [-0.15, -0.1) is 0 Å². The lowest BCUT2D eigenvalue weighted by molar-refractivity contribution is 1.24. The predicted molar refractivity (Wildman–Crippen MR) is 42.8 cm³/mol. The lowest BCUT2D eigenvalue weighted by atomic mass is 10.4. The van der Waals surface area contributed by atoms with Crippen LogP contribution in [0.4, 0.5) is 5.69 Å². The summed E-state index contributed by atoms with van der Waals surface area (Å²) in [4.78, 5) is 12.9. The van der Waals surface area contributed by atoms with Gasteiger partial charge in [-0.05, 0) is 12.1 Å². The van der Waals surface area contributed by atoms with E-state index in [1.807, 2.05) is 13.8 Å². The van der Waals surface area contributed by atoms with Crippen molar-refractivity contribution in [1.82, 2.24) is 4.98 Å². The van der Waals surface area contributed by atoms with Gasteiger partial charge in [0, 0.05) is 6.20 Å². The van der Waals surface area contributed by atoms with Crippen LogP contribution in [-0.2, 0) is 0 Å². The normalized spacial score (nSPS) is 7.80. The second-order valence-electron chi connectivity index (χ2n) is 1.45. The molecule has 0 amide bonds. The summed E-state index contributed by atoms with van der Waals surface area (Å²) in [5.74, 6) is 0. The maximum Gasteiger partial charge on any atom is 0.271 e. The molecule has 0 aliphatic carbocycles. The maximum absolute atomic E-state index is 10.4. The van der Waals surface area contributed by atoms with Gasteiger partial charge in [-0.2, -0.15) is 0 Å². The zero-order valence-corrected chi connectivity index (χ0v) is 6.22. The van der Waals surface area contributed by atoms with Crippen molar-refractivity contribution in [3.63, 3.8) is 0 Å². The van der Waals surface area contributed by atoms with E-state index in [-0.39, 0.29) is 11.2 Å². The van der Waals surface area contributed by atoms with Crippen LogP contribution in [0.3, 0.4) is 0 Å². The largest absolute Gasteiger partial charge is 0.394 e. The molecule has 1 aromatic rings. The smallest absolute Gasteiger partial charge is 0.271 e. The molecule has 0 bridgehead atoms. The molecule has 3 nitrogen and oxygen atoms in total. The highest BCUT2D eigenvalue weighted by molar-refractivity contribution is 5.32. The van der Waals surface area contributed by atoms with Crippen LogP contribution >= 0.6 is 0 Å². The average molecular weight is 140 g/mol. The number of pyridine rings is 1. The predicted octanol–water partition coefficient (Wildman–Crippen LogP) is 0.983. The molecular formula is C7H12N2O. The zero-order valence-electron chi connectivity index (χ0n) is 6.22. The first-order valence-corrected chi connectivity index (χ1v) is 3.24. The molecule has 0 fully saturated rings. The molecule has 0 aliphatic heterocycles. The third-order valence-electron chi connectivity index (χ3n) is 0.849. The first-order valence-electron chi connectivity index (χ1n) is 3.24. The SMILES string of the molecule is CC.Nc1ccc[nH]c1=O. The fourth-order valence-electron chi connectivity index (χ4n) is 0.435. The molecule has 56 valence electrons. The van der Waals surface area contributed by atoms with E-state index in [9.17, 15) is 4.79 Å². The molecular weight excluding hydrogens is 128 g/mol. The Morgan fingerprint density at radius 1 is 1.50 bits per heavy atom. The number of nitrogen functional groups attached to an aromatic ring is 1. The Balaban J connectivity index is 0.000000371. The lowest BCUT2D eigenvalue weighted by Crippen LogP contribution is -2.08. The number of nitrogens with one attached hydrogen (secondary N) is 1. The third-order valence-corrected chi connectivity index (χ3v) is 0.849. The number of aromatic amines is 1.